The molecule has 1 saturated heterocycles. The molecule has 0 saturated carbocycles. The van der Waals surface area contributed by atoms with Gasteiger partial charge in [0.1, 0.15) is 0 Å². The molecule has 1 heterocycles. The average Bonchev–Trinajstić information content (AvgIpc) is 2.36. The Morgan fingerprint density at radius 1 is 1.28 bits per heavy atom. The van der Waals surface area contributed by atoms with Crippen molar-refractivity contribution in [1.29, 1.82) is 0 Å². The van der Waals surface area contributed by atoms with E-state index in [-0.39, 0.29) is 18.5 Å². The minimum Gasteiger partial charge on any atom is -0.465 e. The fraction of sp³-hybridized carbons (Fsp3) is 0.385. The summed E-state index contributed by atoms with van der Waals surface area (Å²) in [6, 6.07) is 6.26. The molecule has 96 valence electrons. The van der Waals surface area contributed by atoms with E-state index in [1.54, 1.807) is 29.2 Å². The van der Waals surface area contributed by atoms with Crippen molar-refractivity contribution < 1.29 is 18.7 Å². The molecule has 0 aromatic heterocycles. The second-order valence-electron chi connectivity index (χ2n) is 4.30. The second-order valence-corrected chi connectivity index (χ2v) is 4.30. The van der Waals surface area contributed by atoms with E-state index in [2.05, 4.69) is 4.74 Å². The number of carbonyl (C=O) groups is 2. The molecule has 0 radical (unpaired) electrons. The highest BCUT2D eigenvalue weighted by atomic mass is 19.1. The average molecular weight is 251 g/mol. The minimum atomic E-state index is -0.435. The van der Waals surface area contributed by atoms with Gasteiger partial charge in [-0.1, -0.05) is 0 Å². The van der Waals surface area contributed by atoms with Crippen LogP contribution in [-0.2, 0) is 4.74 Å². The molecule has 1 aromatic rings. The molecule has 1 aliphatic heterocycles. The first kappa shape index (κ1) is 12.5. The van der Waals surface area contributed by atoms with E-state index in [0.29, 0.717) is 24.2 Å². The normalized spacial score (nSPS) is 15.1. The van der Waals surface area contributed by atoms with Crippen LogP contribution in [0.5, 0.6) is 0 Å². The van der Waals surface area contributed by atoms with Crippen LogP contribution >= 0.6 is 0 Å². The van der Waals surface area contributed by atoms with Crippen LogP contribution < -0.4 is 0 Å². The van der Waals surface area contributed by atoms with Crippen molar-refractivity contribution in [3.05, 3.63) is 35.4 Å². The van der Waals surface area contributed by atoms with E-state index in [9.17, 15) is 14.0 Å². The molecule has 1 amide bonds. The maximum absolute atomic E-state index is 12.3. The highest BCUT2D eigenvalue weighted by Crippen LogP contribution is 2.19. The lowest BCUT2D eigenvalue weighted by molar-refractivity contribution is 0.0452. The molecule has 1 aromatic carbocycles. The van der Waals surface area contributed by atoms with E-state index in [1.165, 1.54) is 7.11 Å². The SMILES string of the molecule is COC(=O)c1ccc(C(=O)N2CC(CF)C2)cc1. The van der Waals surface area contributed by atoms with Gasteiger partial charge in [0.25, 0.3) is 5.91 Å². The summed E-state index contributed by atoms with van der Waals surface area (Å²) >= 11 is 0. The predicted octanol–water partition coefficient (Wildman–Crippen LogP) is 1.51. The molecule has 0 bridgehead atoms. The fourth-order valence-electron chi connectivity index (χ4n) is 1.88. The molecule has 0 unspecified atom stereocenters. The van der Waals surface area contributed by atoms with Gasteiger partial charge in [-0.05, 0) is 24.3 Å². The highest BCUT2D eigenvalue weighted by Gasteiger charge is 2.30. The number of amides is 1. The molecule has 0 spiro atoms. The van der Waals surface area contributed by atoms with Gasteiger partial charge in [0.2, 0.25) is 0 Å². The summed E-state index contributed by atoms with van der Waals surface area (Å²) in [7, 11) is 1.30. The number of likely N-dealkylation sites (tertiary alicyclic amines) is 1. The molecule has 18 heavy (non-hydrogen) atoms. The Bertz CT molecular complexity index is 452. The van der Waals surface area contributed by atoms with Gasteiger partial charge >= 0.3 is 5.97 Å². The Morgan fingerprint density at radius 2 is 1.83 bits per heavy atom. The Hall–Kier alpha value is -1.91. The van der Waals surface area contributed by atoms with Gasteiger partial charge in [-0.3, -0.25) is 9.18 Å². The largest absolute Gasteiger partial charge is 0.465 e. The van der Waals surface area contributed by atoms with E-state index in [4.69, 9.17) is 0 Å². The number of benzene rings is 1. The van der Waals surface area contributed by atoms with Gasteiger partial charge in [0.05, 0.1) is 19.3 Å². The Balaban J connectivity index is 2.02. The third kappa shape index (κ3) is 2.34. The van der Waals surface area contributed by atoms with Crippen molar-refractivity contribution in [2.45, 2.75) is 0 Å². The Kier molecular flexibility index (Phi) is 3.60. The summed E-state index contributed by atoms with van der Waals surface area (Å²) in [5.41, 5.74) is 0.902. The van der Waals surface area contributed by atoms with Crippen LogP contribution in [0, 0.1) is 5.92 Å². The van der Waals surface area contributed by atoms with Crippen molar-refractivity contribution in [3.63, 3.8) is 0 Å². The summed E-state index contributed by atoms with van der Waals surface area (Å²) < 4.78 is 16.8. The zero-order chi connectivity index (χ0) is 13.1. The number of halogens is 1. The summed E-state index contributed by atoms with van der Waals surface area (Å²) in [5, 5.41) is 0. The number of esters is 1. The van der Waals surface area contributed by atoms with E-state index >= 15 is 0 Å². The van der Waals surface area contributed by atoms with Crippen LogP contribution in [0.25, 0.3) is 0 Å². The number of alkyl halides is 1. The van der Waals surface area contributed by atoms with E-state index in [1.807, 2.05) is 0 Å². The van der Waals surface area contributed by atoms with Crippen LogP contribution in [-0.4, -0.2) is 43.7 Å². The lowest BCUT2D eigenvalue weighted by Gasteiger charge is -2.37. The van der Waals surface area contributed by atoms with Gasteiger partial charge in [-0.2, -0.15) is 0 Å². The topological polar surface area (TPSA) is 46.6 Å². The first-order valence-corrected chi connectivity index (χ1v) is 5.69. The summed E-state index contributed by atoms with van der Waals surface area (Å²) in [4.78, 5) is 24.7. The predicted molar refractivity (Wildman–Crippen MR) is 63.2 cm³/mol. The molecule has 0 atom stereocenters. The third-order valence-corrected chi connectivity index (χ3v) is 3.02. The zero-order valence-corrected chi connectivity index (χ0v) is 10.1. The van der Waals surface area contributed by atoms with Crippen LogP contribution in [0.1, 0.15) is 20.7 Å². The van der Waals surface area contributed by atoms with Crippen LogP contribution in [0.2, 0.25) is 0 Å². The van der Waals surface area contributed by atoms with Crippen LogP contribution in [0.3, 0.4) is 0 Å². The zero-order valence-electron chi connectivity index (χ0n) is 10.1. The number of hydrogen-bond acceptors (Lipinski definition) is 3. The monoisotopic (exact) mass is 251 g/mol. The lowest BCUT2D eigenvalue weighted by atomic mass is 10.00. The first-order chi connectivity index (χ1) is 8.65. The Labute approximate surface area is 104 Å². The highest BCUT2D eigenvalue weighted by molar-refractivity contribution is 5.96. The number of rotatable bonds is 3. The molecule has 1 aliphatic rings. The standard InChI is InChI=1S/C13H14FNO3/c1-18-13(17)11-4-2-10(3-5-11)12(16)15-7-9(6-14)8-15/h2-5,9H,6-8H2,1H3. The van der Waals surface area contributed by atoms with Gasteiger partial charge in [0, 0.05) is 24.6 Å². The van der Waals surface area contributed by atoms with E-state index in [0.717, 1.165) is 0 Å². The van der Waals surface area contributed by atoms with Crippen molar-refractivity contribution >= 4 is 11.9 Å². The minimum absolute atomic E-state index is 0.0247. The lowest BCUT2D eigenvalue weighted by Crippen LogP contribution is -2.50. The molecule has 0 N–H and O–H groups in total. The molecule has 5 heteroatoms. The number of nitrogens with zero attached hydrogens (tertiary/aromatic N) is 1. The molecule has 4 nitrogen and oxygen atoms in total. The molecular weight excluding hydrogens is 237 g/mol. The van der Waals surface area contributed by atoms with Crippen molar-refractivity contribution in [1.82, 2.24) is 4.90 Å². The number of carbonyl (C=O) groups excluding carboxylic acids is 2. The third-order valence-electron chi connectivity index (χ3n) is 3.02. The summed E-state index contributed by atoms with van der Waals surface area (Å²) in [6.45, 7) is 0.549. The van der Waals surface area contributed by atoms with Crippen molar-refractivity contribution in [3.8, 4) is 0 Å². The van der Waals surface area contributed by atoms with Crippen LogP contribution in [0.4, 0.5) is 4.39 Å². The number of ether oxygens (including phenoxy) is 1. The van der Waals surface area contributed by atoms with Crippen LogP contribution in [0.15, 0.2) is 24.3 Å². The molecule has 2 rings (SSSR count). The molecular formula is C13H14FNO3. The van der Waals surface area contributed by atoms with Crippen molar-refractivity contribution in [2.75, 3.05) is 26.9 Å². The number of methoxy groups -OCH3 is 1. The smallest absolute Gasteiger partial charge is 0.337 e. The Morgan fingerprint density at radius 3 is 2.33 bits per heavy atom. The molecule has 1 fully saturated rings. The quantitative estimate of drug-likeness (QED) is 0.765. The second kappa shape index (κ2) is 5.16. The maximum Gasteiger partial charge on any atom is 0.337 e. The van der Waals surface area contributed by atoms with Gasteiger partial charge in [-0.15, -0.1) is 0 Å². The molecule has 0 aliphatic carbocycles. The number of hydrogen-bond donors (Lipinski definition) is 0. The fourth-order valence-corrected chi connectivity index (χ4v) is 1.88. The summed E-state index contributed by atoms with van der Waals surface area (Å²) in [5.74, 6) is -0.588. The van der Waals surface area contributed by atoms with Gasteiger partial charge in [0.15, 0.2) is 0 Å². The first-order valence-electron chi connectivity index (χ1n) is 5.69. The van der Waals surface area contributed by atoms with Gasteiger partial charge in [-0.25, -0.2) is 4.79 Å². The van der Waals surface area contributed by atoms with E-state index < -0.39 is 5.97 Å². The van der Waals surface area contributed by atoms with Gasteiger partial charge < -0.3 is 9.64 Å². The van der Waals surface area contributed by atoms with Crippen molar-refractivity contribution in [2.24, 2.45) is 5.92 Å². The maximum atomic E-state index is 12.3. The summed E-state index contributed by atoms with van der Waals surface area (Å²) in [6.07, 6.45) is 0.